The number of rotatable bonds is 2. The Bertz CT molecular complexity index is 46.0. The molecule has 0 rings (SSSR count). The quantitative estimate of drug-likeness (QED) is 0.684. The zero-order valence-electron chi connectivity index (χ0n) is 5.36. The van der Waals surface area contributed by atoms with Crippen molar-refractivity contribution in [2.24, 2.45) is 0 Å². The van der Waals surface area contributed by atoms with Gasteiger partial charge in [-0.05, 0) is 0 Å². The summed E-state index contributed by atoms with van der Waals surface area (Å²) >= 11 is -2.28. The van der Waals surface area contributed by atoms with Gasteiger partial charge in [0.2, 0.25) is 0 Å². The molecule has 44 valence electrons. The Hall–Kier alpha value is 0.759. The van der Waals surface area contributed by atoms with E-state index in [2.05, 4.69) is 18.8 Å². The molecule has 0 aromatic carbocycles. The third-order valence-corrected chi connectivity index (χ3v) is 10.2. The average Bonchev–Trinajstić information content (AvgIpc) is 1.68. The van der Waals surface area contributed by atoms with Gasteiger partial charge in [0.15, 0.2) is 0 Å². The molecular weight excluding hydrogens is 195 g/mol. The molecule has 1 N–H and O–H groups in total. The summed E-state index contributed by atoms with van der Waals surface area (Å²) < 4.78 is 11.5. The second kappa shape index (κ2) is 2.92. The fourth-order valence-electron chi connectivity index (χ4n) is 0.250. The van der Waals surface area contributed by atoms with Crippen LogP contribution in [-0.4, -0.2) is 22.2 Å². The predicted octanol–water partition coefficient (Wildman–Crippen LogP) is 1.59. The third kappa shape index (κ3) is 3.35. The van der Waals surface area contributed by atoms with E-state index in [9.17, 15) is 3.44 Å². The second-order valence-corrected chi connectivity index (χ2v) is 14.8. The first kappa shape index (κ1) is 7.76. The molecule has 1 nitrogen and oxygen atoms in total. The Kier molecular flexibility index (Phi) is 3.24. The van der Waals surface area contributed by atoms with Crippen LogP contribution in [0.25, 0.3) is 0 Å². The van der Waals surface area contributed by atoms with Crippen molar-refractivity contribution in [1.82, 2.24) is 0 Å². The van der Waals surface area contributed by atoms with Crippen LogP contribution in [0.15, 0.2) is 0 Å². The Morgan fingerprint density at radius 3 is 1.57 bits per heavy atom. The molecule has 0 saturated heterocycles. The second-order valence-electron chi connectivity index (χ2n) is 2.20. The van der Waals surface area contributed by atoms with Gasteiger partial charge in [-0.25, -0.2) is 0 Å². The van der Waals surface area contributed by atoms with Gasteiger partial charge < -0.3 is 0 Å². The van der Waals surface area contributed by atoms with Crippen LogP contribution in [0.5, 0.6) is 0 Å². The summed E-state index contributed by atoms with van der Waals surface area (Å²) in [6.45, 7) is 4.17. The van der Waals surface area contributed by atoms with Crippen molar-refractivity contribution < 1.29 is 3.44 Å². The fourth-order valence-corrected chi connectivity index (χ4v) is 1.68. The molecule has 7 heavy (non-hydrogen) atoms. The molecule has 0 bridgehead atoms. The zero-order valence-corrected chi connectivity index (χ0v) is 8.22. The van der Waals surface area contributed by atoms with Crippen LogP contribution < -0.4 is 0 Å². The topological polar surface area (TPSA) is 20.2 Å². The molecule has 0 radical (unpaired) electrons. The molecule has 0 aliphatic rings. The molecule has 0 unspecified atom stereocenters. The first-order valence-electron chi connectivity index (χ1n) is 2.84. The maximum atomic E-state index is 9.34. The first-order valence-corrected chi connectivity index (χ1v) is 11.0. The van der Waals surface area contributed by atoms with Crippen molar-refractivity contribution in [3.63, 3.8) is 0 Å². The van der Waals surface area contributed by atoms with Crippen molar-refractivity contribution in [1.29, 1.82) is 0 Å². The zero-order chi connectivity index (χ0) is 5.91. The number of hydrogen-bond acceptors (Lipinski definition) is 1. The molecule has 0 spiro atoms. The summed E-state index contributed by atoms with van der Waals surface area (Å²) in [5, 5.41) is 0. The fraction of sp³-hybridized carbons (Fsp3) is 1.00. The normalized spacial score (nSPS) is 12.0. The Balaban J connectivity index is 3.36. The van der Waals surface area contributed by atoms with Crippen LogP contribution >= 0.6 is 0 Å². The minimum absolute atomic E-state index is 1.06. The summed E-state index contributed by atoms with van der Waals surface area (Å²) in [6.07, 6.45) is 0. The Morgan fingerprint density at radius 1 is 1.29 bits per heavy atom. The van der Waals surface area contributed by atoms with Gasteiger partial charge in [-0.2, -0.15) is 0 Å². The SMILES string of the molecule is C[CH2][Sn]([CH3])([OH])[CH2]C. The summed E-state index contributed by atoms with van der Waals surface area (Å²) in [5.74, 6) is 0. The van der Waals surface area contributed by atoms with Crippen molar-refractivity contribution in [2.75, 3.05) is 0 Å². The van der Waals surface area contributed by atoms with Crippen LogP contribution in [0.3, 0.4) is 0 Å². The van der Waals surface area contributed by atoms with E-state index in [-0.39, 0.29) is 0 Å². The standard InChI is InChI=1S/2C2H5.CH3.H2O.Sn/c2*1-2;;;/h2*1H2,2H3;1H3;1H2;/q;;;;+1/p-1. The maximum absolute atomic E-state index is 9.34. The molecule has 0 aromatic rings. The Morgan fingerprint density at radius 2 is 1.57 bits per heavy atom. The van der Waals surface area contributed by atoms with E-state index in [4.69, 9.17) is 0 Å². The first-order chi connectivity index (χ1) is 3.12. The summed E-state index contributed by atoms with van der Waals surface area (Å²) in [6, 6.07) is 0. The van der Waals surface area contributed by atoms with Crippen LogP contribution in [0.4, 0.5) is 0 Å². The van der Waals surface area contributed by atoms with Crippen LogP contribution in [0, 0.1) is 0 Å². The van der Waals surface area contributed by atoms with E-state index >= 15 is 0 Å². The van der Waals surface area contributed by atoms with E-state index in [1.165, 1.54) is 0 Å². The molecule has 0 amide bonds. The predicted molar refractivity (Wildman–Crippen MR) is 34.8 cm³/mol. The third-order valence-electron chi connectivity index (χ3n) is 1.52. The molecule has 0 aliphatic heterocycles. The van der Waals surface area contributed by atoms with E-state index in [1.54, 1.807) is 0 Å². The van der Waals surface area contributed by atoms with E-state index in [0.29, 0.717) is 0 Å². The van der Waals surface area contributed by atoms with Crippen molar-refractivity contribution in [3.05, 3.63) is 0 Å². The van der Waals surface area contributed by atoms with Crippen LogP contribution in [0.1, 0.15) is 13.8 Å². The molecule has 0 atom stereocenters. The van der Waals surface area contributed by atoms with E-state index < -0.39 is 18.8 Å². The average molecular weight is 209 g/mol. The summed E-state index contributed by atoms with van der Waals surface area (Å²) in [4.78, 5) is 2.06. The molecule has 2 heteroatoms. The van der Waals surface area contributed by atoms with Crippen molar-refractivity contribution in [3.8, 4) is 0 Å². The monoisotopic (exact) mass is 210 g/mol. The Labute approximate surface area is 50.2 Å². The van der Waals surface area contributed by atoms with Gasteiger partial charge in [-0.1, -0.05) is 0 Å². The number of hydrogen-bond donors (Lipinski definition) is 1. The van der Waals surface area contributed by atoms with E-state index in [1.807, 2.05) is 0 Å². The molecule has 0 aromatic heterocycles. The summed E-state index contributed by atoms with van der Waals surface area (Å²) in [7, 11) is 0. The van der Waals surface area contributed by atoms with Crippen LogP contribution in [0.2, 0.25) is 13.8 Å². The summed E-state index contributed by atoms with van der Waals surface area (Å²) in [5.41, 5.74) is 0. The van der Waals surface area contributed by atoms with Crippen molar-refractivity contribution >= 4 is 18.8 Å². The molecule has 0 aliphatic carbocycles. The van der Waals surface area contributed by atoms with Gasteiger partial charge in [0.05, 0.1) is 0 Å². The minimum atomic E-state index is -2.28. The van der Waals surface area contributed by atoms with Crippen LogP contribution in [-0.2, 0) is 0 Å². The van der Waals surface area contributed by atoms with Gasteiger partial charge in [0, 0.05) is 0 Å². The van der Waals surface area contributed by atoms with Gasteiger partial charge in [0.1, 0.15) is 0 Å². The van der Waals surface area contributed by atoms with E-state index in [0.717, 1.165) is 8.87 Å². The van der Waals surface area contributed by atoms with Gasteiger partial charge in [-0.3, -0.25) is 0 Å². The molecule has 0 saturated carbocycles. The van der Waals surface area contributed by atoms with Gasteiger partial charge in [-0.15, -0.1) is 0 Å². The van der Waals surface area contributed by atoms with Crippen molar-refractivity contribution in [2.45, 2.75) is 27.7 Å². The molecule has 0 fully saturated rings. The van der Waals surface area contributed by atoms with Gasteiger partial charge in [0.25, 0.3) is 0 Å². The molecular formula is C5H14OSn. The van der Waals surface area contributed by atoms with Gasteiger partial charge >= 0.3 is 49.9 Å². The molecule has 0 heterocycles.